The van der Waals surface area contributed by atoms with Gasteiger partial charge < -0.3 is 9.84 Å². The van der Waals surface area contributed by atoms with Gasteiger partial charge in [0, 0.05) is 10.1 Å². The summed E-state index contributed by atoms with van der Waals surface area (Å²) in [5.74, 6) is -1.46. The van der Waals surface area contributed by atoms with Gasteiger partial charge in [-0.3, -0.25) is 5.32 Å². The molecule has 0 aliphatic carbocycles. The molecule has 0 bridgehead atoms. The number of amides is 1. The Morgan fingerprint density at radius 3 is 2.30 bits per heavy atom. The van der Waals surface area contributed by atoms with Crippen molar-refractivity contribution in [3.05, 3.63) is 53.8 Å². The molecule has 1 heterocycles. The molecule has 1 amide bonds. The number of aromatic carboxylic acids is 1. The van der Waals surface area contributed by atoms with Crippen molar-refractivity contribution in [2.45, 2.75) is 26.4 Å². The largest absolute Gasteiger partial charge is 0.478 e. The number of nitrogens with one attached hydrogen (secondary N) is 1. The third-order valence-corrected chi connectivity index (χ3v) is 4.76. The molecule has 0 aliphatic heterocycles. The molecule has 0 fully saturated rings. The van der Waals surface area contributed by atoms with E-state index < -0.39 is 17.7 Å². The molecule has 3 rings (SSSR count). The first-order valence-electron chi connectivity index (χ1n) is 8.20. The zero-order chi connectivity index (χ0) is 19.8. The molecular formula is C20H18FNO4S. The van der Waals surface area contributed by atoms with Crippen molar-refractivity contribution in [3.63, 3.8) is 0 Å². The zero-order valence-electron chi connectivity index (χ0n) is 15.0. The van der Waals surface area contributed by atoms with Gasteiger partial charge >= 0.3 is 12.1 Å². The quantitative estimate of drug-likeness (QED) is 0.600. The van der Waals surface area contributed by atoms with Crippen LogP contribution >= 0.6 is 11.3 Å². The Bertz CT molecular complexity index is 1020. The van der Waals surface area contributed by atoms with Gasteiger partial charge in [-0.25, -0.2) is 14.0 Å². The highest BCUT2D eigenvalue weighted by Gasteiger charge is 2.23. The number of halogens is 1. The summed E-state index contributed by atoms with van der Waals surface area (Å²) in [6, 6.07) is 11.3. The number of benzene rings is 2. The molecule has 5 nitrogen and oxygen atoms in total. The predicted octanol–water partition coefficient (Wildman–Crippen LogP) is 5.75. The van der Waals surface area contributed by atoms with E-state index in [1.165, 1.54) is 12.1 Å². The van der Waals surface area contributed by atoms with Gasteiger partial charge in [0.15, 0.2) is 0 Å². The number of carboxylic acid groups (broad SMARTS) is 1. The van der Waals surface area contributed by atoms with E-state index in [0.29, 0.717) is 10.1 Å². The number of rotatable bonds is 3. The number of ether oxygens (including phenoxy) is 1. The highest BCUT2D eigenvalue weighted by atomic mass is 32.1. The summed E-state index contributed by atoms with van der Waals surface area (Å²) in [6.45, 7) is 5.18. The van der Waals surface area contributed by atoms with Crippen LogP contribution in [0.4, 0.5) is 14.2 Å². The molecule has 3 aromatic rings. The van der Waals surface area contributed by atoms with Crippen molar-refractivity contribution in [2.75, 3.05) is 5.32 Å². The Hall–Kier alpha value is -2.93. The fourth-order valence-electron chi connectivity index (χ4n) is 2.62. The lowest BCUT2D eigenvalue weighted by Crippen LogP contribution is -2.27. The normalized spacial score (nSPS) is 11.4. The average molecular weight is 387 g/mol. The number of thiophene rings is 1. The van der Waals surface area contributed by atoms with Crippen LogP contribution in [0.25, 0.3) is 21.2 Å². The second-order valence-electron chi connectivity index (χ2n) is 6.96. The smallest absolute Gasteiger partial charge is 0.412 e. The Morgan fingerprint density at radius 2 is 1.70 bits per heavy atom. The molecule has 0 aliphatic rings. The molecule has 0 atom stereocenters. The van der Waals surface area contributed by atoms with E-state index in [1.807, 2.05) is 6.07 Å². The second-order valence-corrected chi connectivity index (χ2v) is 8.01. The molecule has 0 saturated heterocycles. The third kappa shape index (κ3) is 4.25. The molecule has 1 aromatic heterocycles. The molecule has 0 unspecified atom stereocenters. The van der Waals surface area contributed by atoms with Gasteiger partial charge in [-0.15, -0.1) is 11.3 Å². The summed E-state index contributed by atoms with van der Waals surface area (Å²) in [6.07, 6.45) is -0.713. The second kappa shape index (κ2) is 7.00. The number of carboxylic acids is 1. The van der Waals surface area contributed by atoms with E-state index in [2.05, 4.69) is 5.32 Å². The molecule has 0 saturated carbocycles. The molecule has 27 heavy (non-hydrogen) atoms. The molecular weight excluding hydrogens is 369 g/mol. The minimum Gasteiger partial charge on any atom is -0.478 e. The number of hydrogen-bond donors (Lipinski definition) is 2. The van der Waals surface area contributed by atoms with E-state index >= 15 is 0 Å². The topological polar surface area (TPSA) is 75.6 Å². The lowest BCUT2D eigenvalue weighted by Gasteiger charge is -2.19. The van der Waals surface area contributed by atoms with Crippen molar-refractivity contribution >= 4 is 38.5 Å². The number of hydrogen-bond acceptors (Lipinski definition) is 4. The van der Waals surface area contributed by atoms with Crippen molar-refractivity contribution in [1.29, 1.82) is 0 Å². The van der Waals surface area contributed by atoms with Crippen LogP contribution in [0.3, 0.4) is 0 Å². The molecule has 0 spiro atoms. The summed E-state index contributed by atoms with van der Waals surface area (Å²) in [5, 5.41) is 12.8. The maximum absolute atomic E-state index is 13.1. The SMILES string of the molecule is CC(C)(C)OC(=O)Nc1sc2cc(-c3ccc(F)cc3)ccc2c1C(=O)O. The molecule has 2 aromatic carbocycles. The van der Waals surface area contributed by atoms with Gasteiger partial charge in [-0.1, -0.05) is 24.3 Å². The number of carbonyl (C=O) groups excluding carboxylic acids is 1. The van der Waals surface area contributed by atoms with Crippen LogP contribution in [0.1, 0.15) is 31.1 Å². The monoisotopic (exact) mass is 387 g/mol. The van der Waals surface area contributed by atoms with Gasteiger partial charge in [0.05, 0.1) is 0 Å². The van der Waals surface area contributed by atoms with Gasteiger partial charge in [0.1, 0.15) is 22.0 Å². The van der Waals surface area contributed by atoms with Crippen LogP contribution in [0.5, 0.6) is 0 Å². The van der Waals surface area contributed by atoms with E-state index in [-0.39, 0.29) is 16.4 Å². The lowest BCUT2D eigenvalue weighted by molar-refractivity contribution is 0.0636. The van der Waals surface area contributed by atoms with Crippen LogP contribution in [-0.2, 0) is 4.74 Å². The highest BCUT2D eigenvalue weighted by Crippen LogP contribution is 2.38. The molecule has 0 radical (unpaired) electrons. The van der Waals surface area contributed by atoms with Gasteiger partial charge in [0.25, 0.3) is 0 Å². The third-order valence-electron chi connectivity index (χ3n) is 3.70. The van der Waals surface area contributed by atoms with Crippen LogP contribution < -0.4 is 5.32 Å². The Labute approximate surface area is 159 Å². The fourth-order valence-corrected chi connectivity index (χ4v) is 3.73. The minimum absolute atomic E-state index is 0.0199. The van der Waals surface area contributed by atoms with Crippen LogP contribution in [-0.4, -0.2) is 22.8 Å². The molecule has 7 heteroatoms. The summed E-state index contributed by atoms with van der Waals surface area (Å²) in [7, 11) is 0. The average Bonchev–Trinajstić information content (AvgIpc) is 2.90. The van der Waals surface area contributed by atoms with Gasteiger partial charge in [-0.05, 0) is 50.1 Å². The predicted molar refractivity (Wildman–Crippen MR) is 104 cm³/mol. The summed E-state index contributed by atoms with van der Waals surface area (Å²) in [5.41, 5.74) is 0.959. The zero-order valence-corrected chi connectivity index (χ0v) is 15.8. The van der Waals surface area contributed by atoms with Crippen molar-refractivity contribution in [3.8, 4) is 11.1 Å². The number of anilines is 1. The van der Waals surface area contributed by atoms with Crippen LogP contribution in [0, 0.1) is 5.82 Å². The van der Waals surface area contributed by atoms with Crippen molar-refractivity contribution < 1.29 is 23.8 Å². The highest BCUT2D eigenvalue weighted by molar-refractivity contribution is 7.23. The first-order chi connectivity index (χ1) is 12.6. The first-order valence-corrected chi connectivity index (χ1v) is 9.01. The first kappa shape index (κ1) is 18.8. The van der Waals surface area contributed by atoms with Gasteiger partial charge in [-0.2, -0.15) is 0 Å². The standard InChI is InChI=1S/C20H18FNO4S/c1-20(2,3)26-19(25)22-17-16(18(23)24)14-9-6-12(10-15(14)27-17)11-4-7-13(21)8-5-11/h4-10H,1-3H3,(H,22,25)(H,23,24). The van der Waals surface area contributed by atoms with E-state index in [4.69, 9.17) is 4.74 Å². The van der Waals surface area contributed by atoms with E-state index in [0.717, 1.165) is 22.5 Å². The molecule has 140 valence electrons. The fraction of sp³-hybridized carbons (Fsp3) is 0.200. The number of carbonyl (C=O) groups is 2. The Balaban J connectivity index is 2.01. The van der Waals surface area contributed by atoms with Gasteiger partial charge in [0.2, 0.25) is 0 Å². The Kier molecular flexibility index (Phi) is 4.89. The summed E-state index contributed by atoms with van der Waals surface area (Å²) >= 11 is 1.15. The van der Waals surface area contributed by atoms with Crippen LogP contribution in [0.2, 0.25) is 0 Å². The van der Waals surface area contributed by atoms with Crippen molar-refractivity contribution in [2.24, 2.45) is 0 Å². The maximum Gasteiger partial charge on any atom is 0.412 e. The number of fused-ring (bicyclic) bond motifs is 1. The summed E-state index contributed by atoms with van der Waals surface area (Å²) in [4.78, 5) is 23.8. The van der Waals surface area contributed by atoms with Crippen molar-refractivity contribution in [1.82, 2.24) is 0 Å². The van der Waals surface area contributed by atoms with E-state index in [1.54, 1.807) is 45.0 Å². The molecule has 2 N–H and O–H groups in total. The van der Waals surface area contributed by atoms with Crippen LogP contribution in [0.15, 0.2) is 42.5 Å². The summed E-state index contributed by atoms with van der Waals surface area (Å²) < 4.78 is 19.0. The maximum atomic E-state index is 13.1. The van der Waals surface area contributed by atoms with E-state index in [9.17, 15) is 19.1 Å². The Morgan fingerprint density at radius 1 is 1.07 bits per heavy atom. The minimum atomic E-state index is -1.14. The lowest BCUT2D eigenvalue weighted by atomic mass is 10.0.